The van der Waals surface area contributed by atoms with E-state index in [0.29, 0.717) is 30.8 Å². The van der Waals surface area contributed by atoms with Crippen molar-refractivity contribution in [1.29, 1.82) is 0 Å². The number of anilines is 2. The van der Waals surface area contributed by atoms with Crippen molar-refractivity contribution in [3.8, 4) is 0 Å². The predicted molar refractivity (Wildman–Crippen MR) is 137 cm³/mol. The molecule has 0 aromatic heterocycles. The molecule has 0 radical (unpaired) electrons. The van der Waals surface area contributed by atoms with Crippen LogP contribution < -0.4 is 10.0 Å². The molecule has 1 aliphatic rings. The van der Waals surface area contributed by atoms with Gasteiger partial charge in [0.15, 0.2) is 0 Å². The molecule has 4 rings (SSSR count). The van der Waals surface area contributed by atoms with E-state index in [2.05, 4.69) is 10.0 Å². The number of hydrogen-bond acceptors (Lipinski definition) is 5. The molecule has 1 saturated heterocycles. The molecule has 0 bridgehead atoms. The average molecular weight is 517 g/mol. The zero-order valence-corrected chi connectivity index (χ0v) is 21.1. The minimum absolute atomic E-state index is 0.0596. The first-order valence-electron chi connectivity index (χ1n) is 11.2. The van der Waals surface area contributed by atoms with E-state index < -0.39 is 26.2 Å². The molecule has 0 saturated carbocycles. The number of carbonyl (C=O) groups is 1. The van der Waals surface area contributed by atoms with E-state index in [1.165, 1.54) is 42.7 Å². The number of sulfonamides is 1. The Morgan fingerprint density at radius 1 is 0.943 bits per heavy atom. The maximum absolute atomic E-state index is 12.9. The van der Waals surface area contributed by atoms with Crippen molar-refractivity contribution in [2.45, 2.75) is 17.7 Å². The van der Waals surface area contributed by atoms with E-state index in [0.717, 1.165) is 15.1 Å². The number of carbonyl (C=O) groups excluding carboxylic acids is 1. The lowest BCUT2D eigenvalue weighted by atomic mass is 9.99. The molecule has 0 aliphatic carbocycles. The van der Waals surface area contributed by atoms with Crippen molar-refractivity contribution in [2.75, 3.05) is 37.2 Å². The summed E-state index contributed by atoms with van der Waals surface area (Å²) in [5.74, 6) is -0.789. The Morgan fingerprint density at radius 2 is 1.63 bits per heavy atom. The first-order valence-corrected chi connectivity index (χ1v) is 14.0. The summed E-state index contributed by atoms with van der Waals surface area (Å²) in [6, 6.07) is 18.8. The third-order valence-corrected chi connectivity index (χ3v) is 9.30. The molecule has 186 valence electrons. The van der Waals surface area contributed by atoms with Gasteiger partial charge in [0.2, 0.25) is 5.91 Å². The van der Waals surface area contributed by atoms with Gasteiger partial charge in [0.05, 0.1) is 16.5 Å². The largest absolute Gasteiger partial charge is 0.326 e. The minimum Gasteiger partial charge on any atom is -0.326 e. The summed E-state index contributed by atoms with van der Waals surface area (Å²) >= 11 is 0. The molecule has 3 aromatic carbocycles. The molecular weight excluding hydrogens is 488 g/mol. The van der Waals surface area contributed by atoms with Crippen LogP contribution in [0.2, 0.25) is 0 Å². The van der Waals surface area contributed by atoms with Gasteiger partial charge in [-0.2, -0.15) is 17.0 Å². The van der Waals surface area contributed by atoms with Crippen LogP contribution in [0.5, 0.6) is 0 Å². The molecule has 11 heteroatoms. The fraction of sp³-hybridized carbons (Fsp3) is 0.292. The highest BCUT2D eigenvalue weighted by Crippen LogP contribution is 2.26. The van der Waals surface area contributed by atoms with Crippen LogP contribution in [0.4, 0.5) is 11.4 Å². The number of rotatable bonds is 7. The number of piperidine rings is 1. The van der Waals surface area contributed by atoms with Gasteiger partial charge in [0.1, 0.15) is 0 Å². The number of nitrogens with one attached hydrogen (secondary N) is 2. The van der Waals surface area contributed by atoms with Crippen LogP contribution in [0.15, 0.2) is 71.6 Å². The van der Waals surface area contributed by atoms with E-state index in [9.17, 15) is 21.6 Å². The molecule has 1 amide bonds. The monoisotopic (exact) mass is 516 g/mol. The summed E-state index contributed by atoms with van der Waals surface area (Å²) in [5.41, 5.74) is 0.918. The molecule has 1 atom stereocenters. The van der Waals surface area contributed by atoms with Crippen molar-refractivity contribution in [1.82, 2.24) is 8.61 Å². The van der Waals surface area contributed by atoms with Gasteiger partial charge in [0, 0.05) is 38.3 Å². The Bertz CT molecular complexity index is 1430. The molecule has 9 nitrogen and oxygen atoms in total. The number of nitrogens with zero attached hydrogens (tertiary/aromatic N) is 2. The van der Waals surface area contributed by atoms with Crippen LogP contribution in [0.3, 0.4) is 0 Å². The van der Waals surface area contributed by atoms with Gasteiger partial charge in [-0.25, -0.2) is 8.42 Å². The fourth-order valence-corrected chi connectivity index (χ4v) is 6.35. The Balaban J connectivity index is 1.44. The van der Waals surface area contributed by atoms with Crippen LogP contribution in [-0.2, 0) is 25.0 Å². The fourth-order valence-electron chi connectivity index (χ4n) is 4.08. The van der Waals surface area contributed by atoms with E-state index in [4.69, 9.17) is 0 Å². The third kappa shape index (κ3) is 5.48. The van der Waals surface area contributed by atoms with Crippen molar-refractivity contribution in [3.63, 3.8) is 0 Å². The first kappa shape index (κ1) is 25.1. The van der Waals surface area contributed by atoms with E-state index in [1.807, 2.05) is 30.3 Å². The van der Waals surface area contributed by atoms with E-state index >= 15 is 0 Å². The zero-order chi connectivity index (χ0) is 25.2. The van der Waals surface area contributed by atoms with Gasteiger partial charge in [0.25, 0.3) is 20.2 Å². The van der Waals surface area contributed by atoms with Crippen LogP contribution in [0, 0.1) is 5.92 Å². The van der Waals surface area contributed by atoms with Crippen LogP contribution in [0.1, 0.15) is 12.8 Å². The van der Waals surface area contributed by atoms with Crippen LogP contribution >= 0.6 is 0 Å². The second-order valence-electron chi connectivity index (χ2n) is 8.63. The Kier molecular flexibility index (Phi) is 7.13. The Hall–Kier alpha value is -2.99. The maximum Gasteiger partial charge on any atom is 0.281 e. The summed E-state index contributed by atoms with van der Waals surface area (Å²) in [6.07, 6.45) is 1.16. The number of benzene rings is 3. The lowest BCUT2D eigenvalue weighted by Crippen LogP contribution is -2.47. The molecule has 0 spiro atoms. The summed E-state index contributed by atoms with van der Waals surface area (Å²) in [4.78, 5) is 12.8. The van der Waals surface area contributed by atoms with Crippen molar-refractivity contribution in [3.05, 3.63) is 66.7 Å². The van der Waals surface area contributed by atoms with Crippen molar-refractivity contribution >= 4 is 48.3 Å². The van der Waals surface area contributed by atoms with Crippen LogP contribution in [-0.4, -0.2) is 58.5 Å². The summed E-state index contributed by atoms with van der Waals surface area (Å²) in [6.45, 7) is 0.480. The summed E-state index contributed by atoms with van der Waals surface area (Å²) in [5, 5.41) is 4.49. The van der Waals surface area contributed by atoms with Crippen LogP contribution in [0.25, 0.3) is 10.8 Å². The summed E-state index contributed by atoms with van der Waals surface area (Å²) in [7, 11) is -4.51. The first-order chi connectivity index (χ1) is 16.6. The number of amides is 1. The molecule has 35 heavy (non-hydrogen) atoms. The van der Waals surface area contributed by atoms with Gasteiger partial charge >= 0.3 is 0 Å². The molecule has 1 aliphatic heterocycles. The second-order valence-corrected chi connectivity index (χ2v) is 12.5. The average Bonchev–Trinajstić information content (AvgIpc) is 2.84. The minimum atomic E-state index is -3.84. The third-order valence-electron chi connectivity index (χ3n) is 6.01. The SMILES string of the molecule is CN(C)S(=O)(=O)N1CCC[C@@H](C(=O)Nc2ccc(S(=O)(=O)Nc3cccc4ccccc34)cc2)C1. The van der Waals surface area contributed by atoms with Crippen molar-refractivity contribution < 1.29 is 21.6 Å². The Labute approximate surface area is 206 Å². The predicted octanol–water partition coefficient (Wildman–Crippen LogP) is 3.10. The van der Waals surface area contributed by atoms with Gasteiger partial charge in [-0.3, -0.25) is 9.52 Å². The quantitative estimate of drug-likeness (QED) is 0.501. The molecular formula is C24H28N4O5S2. The normalized spacial score (nSPS) is 17.4. The van der Waals surface area contributed by atoms with E-state index in [-0.39, 0.29) is 17.3 Å². The van der Waals surface area contributed by atoms with Gasteiger partial charge < -0.3 is 5.32 Å². The number of hydrogen-bond donors (Lipinski definition) is 2. The van der Waals surface area contributed by atoms with Crippen molar-refractivity contribution in [2.24, 2.45) is 5.92 Å². The molecule has 1 fully saturated rings. The molecule has 1 heterocycles. The highest BCUT2D eigenvalue weighted by Gasteiger charge is 2.33. The maximum atomic E-state index is 12.9. The molecule has 3 aromatic rings. The highest BCUT2D eigenvalue weighted by molar-refractivity contribution is 7.92. The number of fused-ring (bicyclic) bond motifs is 1. The highest BCUT2D eigenvalue weighted by atomic mass is 32.2. The standard InChI is InChI=1S/C24H28N4O5S2/c1-27(2)35(32,33)28-16-6-9-19(17-28)24(29)25-20-12-14-21(15-13-20)34(30,31)26-23-11-5-8-18-7-3-4-10-22(18)23/h3-5,7-8,10-15,19,26H,6,9,16-17H2,1-2H3,(H,25,29)/t19-/m1/s1. The Morgan fingerprint density at radius 3 is 2.34 bits per heavy atom. The lowest BCUT2D eigenvalue weighted by Gasteiger charge is -2.32. The van der Waals surface area contributed by atoms with Gasteiger partial charge in [-0.1, -0.05) is 36.4 Å². The molecule has 2 N–H and O–H groups in total. The lowest BCUT2D eigenvalue weighted by molar-refractivity contribution is -0.120. The molecule has 0 unspecified atom stereocenters. The van der Waals surface area contributed by atoms with Gasteiger partial charge in [-0.15, -0.1) is 0 Å². The smallest absolute Gasteiger partial charge is 0.281 e. The topological polar surface area (TPSA) is 116 Å². The van der Waals surface area contributed by atoms with Gasteiger partial charge in [-0.05, 0) is 48.6 Å². The summed E-state index contributed by atoms with van der Waals surface area (Å²) < 4.78 is 55.8. The second kappa shape index (κ2) is 9.94. The zero-order valence-electron chi connectivity index (χ0n) is 19.5. The van der Waals surface area contributed by atoms with E-state index in [1.54, 1.807) is 12.1 Å².